The molecule has 0 radical (unpaired) electrons. The number of benzene rings is 2. The predicted molar refractivity (Wildman–Crippen MR) is 123 cm³/mol. The van der Waals surface area contributed by atoms with E-state index < -0.39 is 5.69 Å². The number of pyridine rings is 1. The van der Waals surface area contributed by atoms with Gasteiger partial charge in [-0.05, 0) is 66.1 Å². The molecule has 3 N–H and O–H groups in total. The van der Waals surface area contributed by atoms with Crippen LogP contribution in [0.2, 0.25) is 5.15 Å². The van der Waals surface area contributed by atoms with Crippen molar-refractivity contribution in [2.45, 2.75) is 13.5 Å². The third-order valence-corrected chi connectivity index (χ3v) is 5.14. The molecule has 0 aliphatic carbocycles. The van der Waals surface area contributed by atoms with Gasteiger partial charge in [0.15, 0.2) is 0 Å². The van der Waals surface area contributed by atoms with Crippen LogP contribution in [0.15, 0.2) is 71.7 Å². The van der Waals surface area contributed by atoms with E-state index in [1.807, 2.05) is 0 Å². The first-order valence-corrected chi connectivity index (χ1v) is 10.2. The molecular weight excluding hydrogens is 428 g/mol. The summed E-state index contributed by atoms with van der Waals surface area (Å²) in [5.74, 6) is -0.0838. The fraction of sp³-hybridized carbons (Fsp3) is 0.0833. The Hall–Kier alpha value is -3.97. The van der Waals surface area contributed by atoms with Crippen molar-refractivity contribution in [3.8, 4) is 28.3 Å². The number of hydrogen-bond acceptors (Lipinski definition) is 5. The standard InChI is InChI=1S/C24H19ClN4O3/c1-14-9-17(6-7-21(14)30)20-11-19(28-24(32)29-20)16-3-2-4-18(10-16)23(31)27-13-15-5-8-22(25)26-12-15/h2-12,30H,13H2,1H3,(H,27,31)(H,28,29,32). The van der Waals surface area contributed by atoms with Crippen LogP contribution in [-0.2, 0) is 6.54 Å². The zero-order chi connectivity index (χ0) is 22.7. The van der Waals surface area contributed by atoms with Crippen LogP contribution in [0.1, 0.15) is 21.5 Å². The van der Waals surface area contributed by atoms with Crippen LogP contribution >= 0.6 is 11.6 Å². The highest BCUT2D eigenvalue weighted by atomic mass is 35.5. The predicted octanol–water partition coefficient (Wildman–Crippen LogP) is 4.10. The van der Waals surface area contributed by atoms with E-state index in [0.29, 0.717) is 45.3 Å². The van der Waals surface area contributed by atoms with Crippen LogP contribution in [0.25, 0.3) is 22.5 Å². The molecule has 0 aliphatic rings. The number of aromatic amines is 1. The summed E-state index contributed by atoms with van der Waals surface area (Å²) in [4.78, 5) is 35.6. The summed E-state index contributed by atoms with van der Waals surface area (Å²) in [6, 6.07) is 17.2. The molecule has 2 aromatic heterocycles. The lowest BCUT2D eigenvalue weighted by Gasteiger charge is -2.09. The van der Waals surface area contributed by atoms with Gasteiger partial charge in [0.2, 0.25) is 0 Å². The molecule has 4 aromatic rings. The fourth-order valence-electron chi connectivity index (χ4n) is 3.20. The van der Waals surface area contributed by atoms with Gasteiger partial charge in [-0.1, -0.05) is 29.8 Å². The van der Waals surface area contributed by atoms with E-state index in [1.54, 1.807) is 73.8 Å². The van der Waals surface area contributed by atoms with E-state index in [1.165, 1.54) is 0 Å². The molecule has 0 atom stereocenters. The topological polar surface area (TPSA) is 108 Å². The zero-order valence-electron chi connectivity index (χ0n) is 17.1. The Bertz CT molecular complexity index is 1350. The average molecular weight is 447 g/mol. The Kier molecular flexibility index (Phi) is 6.00. The number of H-pyrrole nitrogens is 1. The van der Waals surface area contributed by atoms with Crippen molar-refractivity contribution in [3.05, 3.63) is 99.2 Å². The smallest absolute Gasteiger partial charge is 0.345 e. The van der Waals surface area contributed by atoms with Crippen molar-refractivity contribution in [3.63, 3.8) is 0 Å². The van der Waals surface area contributed by atoms with Gasteiger partial charge in [0.25, 0.3) is 5.91 Å². The SMILES string of the molecule is Cc1cc(-c2cc(-c3cccc(C(=O)NCc4ccc(Cl)nc4)c3)[nH]c(=O)n2)ccc1O. The summed E-state index contributed by atoms with van der Waals surface area (Å²) < 4.78 is 0. The van der Waals surface area contributed by atoms with Crippen molar-refractivity contribution in [1.82, 2.24) is 20.3 Å². The van der Waals surface area contributed by atoms with E-state index in [-0.39, 0.29) is 11.7 Å². The second-order valence-electron chi connectivity index (χ2n) is 7.24. The number of aromatic hydroxyl groups is 1. The number of aryl methyl sites for hydroxylation is 1. The molecule has 160 valence electrons. The van der Waals surface area contributed by atoms with Gasteiger partial charge >= 0.3 is 5.69 Å². The molecule has 7 nitrogen and oxygen atoms in total. The van der Waals surface area contributed by atoms with E-state index in [9.17, 15) is 14.7 Å². The van der Waals surface area contributed by atoms with E-state index in [4.69, 9.17) is 11.6 Å². The van der Waals surface area contributed by atoms with Gasteiger partial charge in [0.05, 0.1) is 11.4 Å². The van der Waals surface area contributed by atoms with Crippen molar-refractivity contribution >= 4 is 17.5 Å². The van der Waals surface area contributed by atoms with Crippen LogP contribution in [0, 0.1) is 6.92 Å². The van der Waals surface area contributed by atoms with Gasteiger partial charge in [0.1, 0.15) is 10.9 Å². The van der Waals surface area contributed by atoms with Crippen LogP contribution in [0.3, 0.4) is 0 Å². The van der Waals surface area contributed by atoms with Gasteiger partial charge < -0.3 is 15.4 Å². The average Bonchev–Trinajstić information content (AvgIpc) is 2.80. The first-order chi connectivity index (χ1) is 15.4. The molecule has 0 saturated heterocycles. The maximum absolute atomic E-state index is 12.6. The second-order valence-corrected chi connectivity index (χ2v) is 7.63. The number of nitrogens with one attached hydrogen (secondary N) is 2. The van der Waals surface area contributed by atoms with E-state index in [0.717, 1.165) is 5.56 Å². The van der Waals surface area contributed by atoms with E-state index >= 15 is 0 Å². The van der Waals surface area contributed by atoms with Crippen LogP contribution in [0.5, 0.6) is 5.75 Å². The molecule has 2 heterocycles. The lowest BCUT2D eigenvalue weighted by molar-refractivity contribution is 0.0951. The molecule has 0 unspecified atom stereocenters. The molecular formula is C24H19ClN4O3. The quantitative estimate of drug-likeness (QED) is 0.400. The Morgan fingerprint density at radius 3 is 2.69 bits per heavy atom. The number of carbonyl (C=O) groups excluding carboxylic acids is 1. The molecule has 0 saturated carbocycles. The van der Waals surface area contributed by atoms with Gasteiger partial charge in [-0.2, -0.15) is 4.98 Å². The number of nitrogens with zero attached hydrogens (tertiary/aromatic N) is 2. The molecule has 4 rings (SSSR count). The Morgan fingerprint density at radius 1 is 1.09 bits per heavy atom. The first-order valence-electron chi connectivity index (χ1n) is 9.79. The van der Waals surface area contributed by atoms with Gasteiger partial charge in [-0.25, -0.2) is 9.78 Å². The number of phenols is 1. The lowest BCUT2D eigenvalue weighted by atomic mass is 10.0. The summed E-state index contributed by atoms with van der Waals surface area (Å²) in [6.07, 6.45) is 1.60. The number of phenolic OH excluding ortho intramolecular Hbond substituents is 1. The highest BCUT2D eigenvalue weighted by Gasteiger charge is 2.11. The van der Waals surface area contributed by atoms with Crippen LogP contribution < -0.4 is 11.0 Å². The number of amides is 1. The Labute approximate surface area is 188 Å². The maximum atomic E-state index is 12.6. The highest BCUT2D eigenvalue weighted by molar-refractivity contribution is 6.29. The zero-order valence-corrected chi connectivity index (χ0v) is 17.8. The van der Waals surface area contributed by atoms with E-state index in [2.05, 4.69) is 20.3 Å². The minimum atomic E-state index is -0.506. The number of rotatable bonds is 5. The van der Waals surface area contributed by atoms with Gasteiger partial charge in [-0.15, -0.1) is 0 Å². The Balaban J connectivity index is 1.59. The molecule has 1 amide bonds. The largest absolute Gasteiger partial charge is 0.508 e. The number of halogens is 1. The van der Waals surface area contributed by atoms with Crippen LogP contribution in [-0.4, -0.2) is 26.0 Å². The maximum Gasteiger partial charge on any atom is 0.345 e. The minimum Gasteiger partial charge on any atom is -0.508 e. The van der Waals surface area contributed by atoms with Gasteiger partial charge in [0, 0.05) is 23.9 Å². The molecule has 0 aliphatic heterocycles. The normalized spacial score (nSPS) is 10.7. The monoisotopic (exact) mass is 446 g/mol. The summed E-state index contributed by atoms with van der Waals surface area (Å²) in [5, 5.41) is 13.0. The second kappa shape index (κ2) is 9.03. The molecule has 2 aromatic carbocycles. The van der Waals surface area contributed by atoms with Crippen molar-refractivity contribution < 1.29 is 9.90 Å². The Morgan fingerprint density at radius 2 is 1.94 bits per heavy atom. The third kappa shape index (κ3) is 4.84. The summed E-state index contributed by atoms with van der Waals surface area (Å²) >= 11 is 5.78. The van der Waals surface area contributed by atoms with Crippen molar-refractivity contribution in [2.75, 3.05) is 0 Å². The third-order valence-electron chi connectivity index (χ3n) is 4.91. The lowest BCUT2D eigenvalue weighted by Crippen LogP contribution is -2.22. The minimum absolute atomic E-state index is 0.173. The van der Waals surface area contributed by atoms with Crippen LogP contribution in [0.4, 0.5) is 0 Å². The highest BCUT2D eigenvalue weighted by Crippen LogP contribution is 2.26. The van der Waals surface area contributed by atoms with Crippen molar-refractivity contribution in [1.29, 1.82) is 0 Å². The number of carbonyl (C=O) groups is 1. The molecule has 0 bridgehead atoms. The summed E-state index contributed by atoms with van der Waals surface area (Å²) in [5.41, 5.74) is 3.82. The fourth-order valence-corrected chi connectivity index (χ4v) is 3.31. The number of aromatic nitrogens is 3. The summed E-state index contributed by atoms with van der Waals surface area (Å²) in [7, 11) is 0. The summed E-state index contributed by atoms with van der Waals surface area (Å²) in [6.45, 7) is 2.08. The molecule has 32 heavy (non-hydrogen) atoms. The number of hydrogen-bond donors (Lipinski definition) is 3. The molecule has 0 fully saturated rings. The van der Waals surface area contributed by atoms with Gasteiger partial charge in [-0.3, -0.25) is 4.79 Å². The van der Waals surface area contributed by atoms with Crippen molar-refractivity contribution in [2.24, 2.45) is 0 Å². The first kappa shape index (κ1) is 21.3. The molecule has 8 heteroatoms. The molecule has 0 spiro atoms.